The van der Waals surface area contributed by atoms with Gasteiger partial charge in [0.15, 0.2) is 11.5 Å². The smallest absolute Gasteiger partial charge is 0.343 e. The Bertz CT molecular complexity index is 760. The molecule has 20 heavy (non-hydrogen) atoms. The Morgan fingerprint density at radius 1 is 1.45 bits per heavy atom. The van der Waals surface area contributed by atoms with Crippen molar-refractivity contribution in [3.63, 3.8) is 0 Å². The van der Waals surface area contributed by atoms with Gasteiger partial charge in [-0.3, -0.25) is 10.1 Å². The summed E-state index contributed by atoms with van der Waals surface area (Å²) in [5.74, 6) is 0.202. The molecule has 7 heteroatoms. The number of aromatic amines is 1. The number of fused-ring (bicyclic) bond motifs is 1. The molecule has 7 nitrogen and oxygen atoms in total. The Morgan fingerprint density at radius 2 is 2.30 bits per heavy atom. The number of aryl methyl sites for hydroxylation is 1. The molecule has 0 saturated carbocycles. The third-order valence-corrected chi connectivity index (χ3v) is 2.94. The van der Waals surface area contributed by atoms with Gasteiger partial charge in [0.05, 0.1) is 6.61 Å². The minimum absolute atomic E-state index is 0.319. The minimum Gasteiger partial charge on any atom is -0.462 e. The number of ether oxygens (including phenoxy) is 1. The fraction of sp³-hybridized carbons (Fsp3) is 0.231. The third kappa shape index (κ3) is 1.83. The maximum atomic E-state index is 12.0. The zero-order chi connectivity index (χ0) is 14.1. The first-order valence-electron chi connectivity index (χ1n) is 6.23. The van der Waals surface area contributed by atoms with E-state index in [1.54, 1.807) is 30.8 Å². The Labute approximate surface area is 114 Å². The van der Waals surface area contributed by atoms with Gasteiger partial charge < -0.3 is 4.74 Å². The molecule has 0 amide bonds. The molecule has 102 valence electrons. The second-order valence-electron chi connectivity index (χ2n) is 4.26. The summed E-state index contributed by atoms with van der Waals surface area (Å²) >= 11 is 0. The second-order valence-corrected chi connectivity index (χ2v) is 4.26. The van der Waals surface area contributed by atoms with E-state index >= 15 is 0 Å². The van der Waals surface area contributed by atoms with E-state index < -0.39 is 5.97 Å². The fourth-order valence-electron chi connectivity index (χ4n) is 2.07. The summed E-state index contributed by atoms with van der Waals surface area (Å²) in [6.07, 6.45) is 3.38. The number of nitrogens with zero attached hydrogens (tertiary/aromatic N) is 4. The number of aromatic nitrogens is 5. The quantitative estimate of drug-likeness (QED) is 0.731. The van der Waals surface area contributed by atoms with Gasteiger partial charge in [-0.25, -0.2) is 9.31 Å². The number of H-pyrrole nitrogens is 1. The average molecular weight is 271 g/mol. The molecule has 0 fully saturated rings. The highest BCUT2D eigenvalue weighted by molar-refractivity contribution is 5.97. The predicted molar refractivity (Wildman–Crippen MR) is 71.3 cm³/mol. The number of rotatable bonds is 3. The summed E-state index contributed by atoms with van der Waals surface area (Å²) in [5.41, 5.74) is 2.38. The zero-order valence-electron chi connectivity index (χ0n) is 11.1. The van der Waals surface area contributed by atoms with Crippen LogP contribution in [0.2, 0.25) is 0 Å². The highest BCUT2D eigenvalue weighted by Gasteiger charge is 2.22. The van der Waals surface area contributed by atoms with E-state index in [0.717, 1.165) is 5.56 Å². The van der Waals surface area contributed by atoms with Crippen LogP contribution in [0.5, 0.6) is 0 Å². The van der Waals surface area contributed by atoms with Crippen LogP contribution in [-0.2, 0) is 4.74 Å². The topological polar surface area (TPSA) is 85.2 Å². The van der Waals surface area contributed by atoms with Gasteiger partial charge >= 0.3 is 5.97 Å². The lowest BCUT2D eigenvalue weighted by atomic mass is 10.2. The van der Waals surface area contributed by atoms with Gasteiger partial charge in [-0.15, -0.1) is 10.2 Å². The first-order valence-corrected chi connectivity index (χ1v) is 6.23. The van der Waals surface area contributed by atoms with Crippen LogP contribution in [0.1, 0.15) is 23.0 Å². The summed E-state index contributed by atoms with van der Waals surface area (Å²) in [6.45, 7) is 3.88. The van der Waals surface area contributed by atoms with Crippen molar-refractivity contribution in [2.45, 2.75) is 13.8 Å². The molecule has 0 unspecified atom stereocenters. The molecular weight excluding hydrogens is 258 g/mol. The molecule has 1 N–H and O–H groups in total. The average Bonchev–Trinajstić information content (AvgIpc) is 2.97. The van der Waals surface area contributed by atoms with Gasteiger partial charge in [0, 0.05) is 23.7 Å². The SMILES string of the molecule is CCOC(=O)c1c(C)[nH]n2c(-c3cccnc3)nnc12. The fourth-order valence-corrected chi connectivity index (χ4v) is 2.07. The predicted octanol–water partition coefficient (Wildman–Crippen LogP) is 1.60. The van der Waals surface area contributed by atoms with Crippen molar-refractivity contribution in [1.29, 1.82) is 0 Å². The Balaban J connectivity index is 2.16. The van der Waals surface area contributed by atoms with E-state index in [2.05, 4.69) is 20.3 Å². The van der Waals surface area contributed by atoms with Gasteiger partial charge in [-0.05, 0) is 26.0 Å². The molecule has 0 radical (unpaired) electrons. The summed E-state index contributed by atoms with van der Waals surface area (Å²) < 4.78 is 6.70. The van der Waals surface area contributed by atoms with E-state index in [-0.39, 0.29) is 0 Å². The van der Waals surface area contributed by atoms with Crippen molar-refractivity contribution in [2.75, 3.05) is 6.61 Å². The zero-order valence-corrected chi connectivity index (χ0v) is 11.1. The second kappa shape index (κ2) is 4.76. The van der Waals surface area contributed by atoms with E-state index in [1.165, 1.54) is 0 Å². The highest BCUT2D eigenvalue weighted by Crippen LogP contribution is 2.21. The Hall–Kier alpha value is -2.70. The monoisotopic (exact) mass is 271 g/mol. The maximum absolute atomic E-state index is 12.0. The van der Waals surface area contributed by atoms with E-state index in [9.17, 15) is 4.79 Å². The van der Waals surface area contributed by atoms with Crippen molar-refractivity contribution in [2.24, 2.45) is 0 Å². The molecule has 0 aromatic carbocycles. The molecule has 3 heterocycles. The normalized spacial score (nSPS) is 10.9. The minimum atomic E-state index is -0.401. The molecule has 0 aliphatic heterocycles. The summed E-state index contributed by atoms with van der Waals surface area (Å²) in [6, 6.07) is 3.70. The lowest BCUT2D eigenvalue weighted by Gasteiger charge is -1.98. The van der Waals surface area contributed by atoms with Crippen LogP contribution in [-0.4, -0.2) is 37.4 Å². The first kappa shape index (κ1) is 12.3. The molecule has 0 saturated heterocycles. The van der Waals surface area contributed by atoms with E-state index in [1.807, 2.05) is 12.1 Å². The van der Waals surface area contributed by atoms with Crippen LogP contribution in [0.3, 0.4) is 0 Å². The molecule has 0 aliphatic carbocycles. The molecule has 3 rings (SSSR count). The van der Waals surface area contributed by atoms with E-state index in [4.69, 9.17) is 4.74 Å². The van der Waals surface area contributed by atoms with Gasteiger partial charge in [-0.1, -0.05) is 0 Å². The molecule has 0 aliphatic rings. The number of pyridine rings is 1. The molecule has 0 bridgehead atoms. The number of carbonyl (C=O) groups is 1. The van der Waals surface area contributed by atoms with Crippen molar-refractivity contribution in [3.8, 4) is 11.4 Å². The number of esters is 1. The molecule has 0 atom stereocenters. The molecular formula is C13H13N5O2. The summed E-state index contributed by atoms with van der Waals surface area (Å²) in [5, 5.41) is 11.3. The number of hydrogen-bond acceptors (Lipinski definition) is 5. The van der Waals surface area contributed by atoms with E-state index in [0.29, 0.717) is 29.3 Å². The maximum Gasteiger partial charge on any atom is 0.343 e. The van der Waals surface area contributed by atoms with Crippen LogP contribution in [0.15, 0.2) is 24.5 Å². The van der Waals surface area contributed by atoms with Crippen molar-refractivity contribution in [3.05, 3.63) is 35.8 Å². The van der Waals surface area contributed by atoms with Gasteiger partial charge in [0.2, 0.25) is 0 Å². The highest BCUT2D eigenvalue weighted by atomic mass is 16.5. The van der Waals surface area contributed by atoms with Crippen LogP contribution >= 0.6 is 0 Å². The van der Waals surface area contributed by atoms with Crippen LogP contribution < -0.4 is 0 Å². The molecule has 0 spiro atoms. The van der Waals surface area contributed by atoms with Crippen molar-refractivity contribution in [1.82, 2.24) is 24.8 Å². The van der Waals surface area contributed by atoms with Gasteiger partial charge in [0.25, 0.3) is 0 Å². The Morgan fingerprint density at radius 3 is 3.00 bits per heavy atom. The first-order chi connectivity index (χ1) is 9.72. The van der Waals surface area contributed by atoms with Crippen molar-refractivity contribution >= 4 is 11.6 Å². The molecule has 3 aromatic heterocycles. The summed E-state index contributed by atoms with van der Waals surface area (Å²) in [4.78, 5) is 16.0. The number of nitrogens with one attached hydrogen (secondary N) is 1. The molecule has 3 aromatic rings. The van der Waals surface area contributed by atoms with Crippen LogP contribution in [0.4, 0.5) is 0 Å². The van der Waals surface area contributed by atoms with Gasteiger partial charge in [-0.2, -0.15) is 0 Å². The lowest BCUT2D eigenvalue weighted by Crippen LogP contribution is -2.05. The standard InChI is InChI=1S/C13H13N5O2/c1-3-20-13(19)10-8(2)17-18-11(15-16-12(10)18)9-5-4-6-14-7-9/h4-7,17H,3H2,1-2H3. The number of hydrogen-bond donors (Lipinski definition) is 1. The Kier molecular flexibility index (Phi) is 2.94. The number of carbonyl (C=O) groups excluding carboxylic acids is 1. The largest absolute Gasteiger partial charge is 0.462 e. The lowest BCUT2D eigenvalue weighted by molar-refractivity contribution is 0.0527. The van der Waals surface area contributed by atoms with Crippen LogP contribution in [0.25, 0.3) is 17.0 Å². The van der Waals surface area contributed by atoms with Crippen LogP contribution in [0, 0.1) is 6.92 Å². The third-order valence-electron chi connectivity index (χ3n) is 2.94. The summed E-state index contributed by atoms with van der Waals surface area (Å²) in [7, 11) is 0. The van der Waals surface area contributed by atoms with Crippen molar-refractivity contribution < 1.29 is 9.53 Å². The van der Waals surface area contributed by atoms with Gasteiger partial charge in [0.1, 0.15) is 5.56 Å².